The van der Waals surface area contributed by atoms with Gasteiger partial charge in [-0.2, -0.15) is 11.8 Å². The summed E-state index contributed by atoms with van der Waals surface area (Å²) in [6.07, 6.45) is 1.26. The third kappa shape index (κ3) is 2.93. The molecule has 1 fully saturated rings. The van der Waals surface area contributed by atoms with Crippen LogP contribution in [0.15, 0.2) is 24.3 Å². The fourth-order valence-corrected chi connectivity index (χ4v) is 3.66. The molecule has 88 valence electrons. The van der Waals surface area contributed by atoms with E-state index < -0.39 is 0 Å². The summed E-state index contributed by atoms with van der Waals surface area (Å²) < 4.78 is 0. The van der Waals surface area contributed by atoms with Gasteiger partial charge < -0.3 is 5.32 Å². The lowest BCUT2D eigenvalue weighted by atomic mass is 10.1. The van der Waals surface area contributed by atoms with E-state index in [0.29, 0.717) is 12.1 Å². The van der Waals surface area contributed by atoms with Gasteiger partial charge in [0, 0.05) is 28.1 Å². The van der Waals surface area contributed by atoms with E-state index in [-0.39, 0.29) is 0 Å². The molecule has 2 rings (SSSR count). The first-order valence-corrected chi connectivity index (χ1v) is 7.21. The number of benzene rings is 1. The topological polar surface area (TPSA) is 12.0 Å². The first-order chi connectivity index (χ1) is 7.66. The van der Waals surface area contributed by atoms with Gasteiger partial charge in [-0.1, -0.05) is 36.7 Å². The second kappa shape index (κ2) is 5.44. The second-order valence-electron chi connectivity index (χ2n) is 4.49. The van der Waals surface area contributed by atoms with E-state index in [2.05, 4.69) is 37.0 Å². The highest BCUT2D eigenvalue weighted by atomic mass is 35.5. The molecule has 0 saturated carbocycles. The average molecular weight is 256 g/mol. The molecule has 16 heavy (non-hydrogen) atoms. The van der Waals surface area contributed by atoms with Crippen molar-refractivity contribution in [2.24, 2.45) is 0 Å². The van der Waals surface area contributed by atoms with E-state index in [1.807, 2.05) is 18.2 Å². The van der Waals surface area contributed by atoms with Crippen molar-refractivity contribution in [3.05, 3.63) is 34.9 Å². The van der Waals surface area contributed by atoms with Crippen molar-refractivity contribution in [3.63, 3.8) is 0 Å². The largest absolute Gasteiger partial charge is 0.307 e. The minimum Gasteiger partial charge on any atom is -0.307 e. The van der Waals surface area contributed by atoms with Gasteiger partial charge in [0.05, 0.1) is 0 Å². The Morgan fingerprint density at radius 1 is 1.44 bits per heavy atom. The Bertz CT molecular complexity index is 356. The standard InChI is InChI=1S/C13H18ClNS/c1-9-7-11(8-16-9)15-10(2)12-5-3-4-6-13(12)14/h3-6,9-11,15H,7-8H2,1-2H3/t9?,10-,11?/m1/s1. The molecular formula is C13H18ClNS. The molecule has 0 spiro atoms. The molecule has 1 aliphatic heterocycles. The van der Waals surface area contributed by atoms with Crippen LogP contribution in [0.1, 0.15) is 31.9 Å². The molecule has 3 heteroatoms. The molecule has 1 nitrogen and oxygen atoms in total. The maximum Gasteiger partial charge on any atom is 0.0453 e. The van der Waals surface area contributed by atoms with Gasteiger partial charge in [-0.15, -0.1) is 0 Å². The predicted molar refractivity (Wildman–Crippen MR) is 73.3 cm³/mol. The first kappa shape index (κ1) is 12.3. The van der Waals surface area contributed by atoms with Gasteiger partial charge in [0.15, 0.2) is 0 Å². The fourth-order valence-electron chi connectivity index (χ4n) is 2.20. The van der Waals surface area contributed by atoms with Gasteiger partial charge >= 0.3 is 0 Å². The van der Waals surface area contributed by atoms with E-state index >= 15 is 0 Å². The van der Waals surface area contributed by atoms with Gasteiger partial charge in [-0.25, -0.2) is 0 Å². The zero-order chi connectivity index (χ0) is 11.5. The van der Waals surface area contributed by atoms with Crippen LogP contribution >= 0.6 is 23.4 Å². The van der Waals surface area contributed by atoms with Crippen molar-refractivity contribution in [2.75, 3.05) is 5.75 Å². The van der Waals surface area contributed by atoms with Crippen molar-refractivity contribution in [3.8, 4) is 0 Å². The number of hydrogen-bond donors (Lipinski definition) is 1. The maximum absolute atomic E-state index is 6.19. The summed E-state index contributed by atoms with van der Waals surface area (Å²) >= 11 is 8.24. The number of hydrogen-bond acceptors (Lipinski definition) is 2. The van der Waals surface area contributed by atoms with Crippen LogP contribution in [0.4, 0.5) is 0 Å². The van der Waals surface area contributed by atoms with E-state index in [1.54, 1.807) is 0 Å². The Balaban J connectivity index is 1.98. The van der Waals surface area contributed by atoms with E-state index in [1.165, 1.54) is 17.7 Å². The summed E-state index contributed by atoms with van der Waals surface area (Å²) in [6.45, 7) is 4.49. The Kier molecular flexibility index (Phi) is 4.17. The highest BCUT2D eigenvalue weighted by molar-refractivity contribution is 8.00. The molecule has 0 radical (unpaired) electrons. The monoisotopic (exact) mass is 255 g/mol. The molecule has 2 unspecified atom stereocenters. The molecule has 1 aliphatic rings. The maximum atomic E-state index is 6.19. The Hall–Kier alpha value is -0.180. The van der Waals surface area contributed by atoms with Crippen LogP contribution in [0.25, 0.3) is 0 Å². The summed E-state index contributed by atoms with van der Waals surface area (Å²) in [6, 6.07) is 9.06. The molecule has 0 aromatic heterocycles. The Labute approximate surface area is 107 Å². The molecule has 0 amide bonds. The normalized spacial score (nSPS) is 26.9. The van der Waals surface area contributed by atoms with Crippen molar-refractivity contribution in [2.45, 2.75) is 37.6 Å². The van der Waals surface area contributed by atoms with Gasteiger partial charge in [-0.05, 0) is 25.0 Å². The number of thioether (sulfide) groups is 1. The average Bonchev–Trinajstić information content (AvgIpc) is 2.64. The minimum absolute atomic E-state index is 0.338. The molecule has 1 aromatic rings. The fraction of sp³-hybridized carbons (Fsp3) is 0.538. The highest BCUT2D eigenvalue weighted by Crippen LogP contribution is 2.29. The van der Waals surface area contributed by atoms with Crippen molar-refractivity contribution in [1.82, 2.24) is 5.32 Å². The molecule has 3 atom stereocenters. The molecule has 1 N–H and O–H groups in total. The first-order valence-electron chi connectivity index (χ1n) is 5.79. The summed E-state index contributed by atoms with van der Waals surface area (Å²) in [5, 5.41) is 5.31. The third-order valence-electron chi connectivity index (χ3n) is 3.06. The number of nitrogens with one attached hydrogen (secondary N) is 1. The van der Waals surface area contributed by atoms with Crippen LogP contribution in [0.2, 0.25) is 5.02 Å². The van der Waals surface area contributed by atoms with Crippen LogP contribution in [0.5, 0.6) is 0 Å². The summed E-state index contributed by atoms with van der Waals surface area (Å²) in [5.41, 5.74) is 1.20. The summed E-state index contributed by atoms with van der Waals surface area (Å²) in [4.78, 5) is 0. The van der Waals surface area contributed by atoms with Crippen LogP contribution in [0, 0.1) is 0 Å². The second-order valence-corrected chi connectivity index (χ2v) is 6.37. The van der Waals surface area contributed by atoms with E-state index in [4.69, 9.17) is 11.6 Å². The molecular weight excluding hydrogens is 238 g/mol. The number of rotatable bonds is 3. The predicted octanol–water partition coefficient (Wildman–Crippen LogP) is 3.88. The Morgan fingerprint density at radius 3 is 2.81 bits per heavy atom. The van der Waals surface area contributed by atoms with Gasteiger partial charge in [-0.3, -0.25) is 0 Å². The third-order valence-corrected chi connectivity index (χ3v) is 4.76. The lowest BCUT2D eigenvalue weighted by Gasteiger charge is -2.20. The van der Waals surface area contributed by atoms with Crippen LogP contribution in [-0.4, -0.2) is 17.0 Å². The van der Waals surface area contributed by atoms with Gasteiger partial charge in [0.25, 0.3) is 0 Å². The summed E-state index contributed by atoms with van der Waals surface area (Å²) in [7, 11) is 0. The Morgan fingerprint density at radius 2 is 2.19 bits per heavy atom. The smallest absolute Gasteiger partial charge is 0.0453 e. The summed E-state index contributed by atoms with van der Waals surface area (Å²) in [5.74, 6) is 1.22. The van der Waals surface area contributed by atoms with Crippen molar-refractivity contribution in [1.29, 1.82) is 0 Å². The van der Waals surface area contributed by atoms with E-state index in [0.717, 1.165) is 10.3 Å². The van der Waals surface area contributed by atoms with Crippen molar-refractivity contribution >= 4 is 23.4 Å². The van der Waals surface area contributed by atoms with Crippen LogP contribution in [-0.2, 0) is 0 Å². The molecule has 1 saturated heterocycles. The number of halogens is 1. The molecule has 0 aliphatic carbocycles. The zero-order valence-electron chi connectivity index (χ0n) is 9.74. The van der Waals surface area contributed by atoms with E-state index in [9.17, 15) is 0 Å². The quantitative estimate of drug-likeness (QED) is 0.880. The van der Waals surface area contributed by atoms with Gasteiger partial charge in [0.2, 0.25) is 0 Å². The SMILES string of the molecule is CC1CC(N[C@H](C)c2ccccc2Cl)CS1. The van der Waals surface area contributed by atoms with Crippen LogP contribution < -0.4 is 5.32 Å². The van der Waals surface area contributed by atoms with Gasteiger partial charge in [0.1, 0.15) is 0 Å². The highest BCUT2D eigenvalue weighted by Gasteiger charge is 2.23. The molecule has 1 aromatic carbocycles. The minimum atomic E-state index is 0.338. The molecule has 1 heterocycles. The molecule has 0 bridgehead atoms. The lowest BCUT2D eigenvalue weighted by Crippen LogP contribution is -2.31. The van der Waals surface area contributed by atoms with Crippen molar-refractivity contribution < 1.29 is 0 Å². The zero-order valence-corrected chi connectivity index (χ0v) is 11.3. The lowest BCUT2D eigenvalue weighted by molar-refractivity contribution is 0.474. The van der Waals surface area contributed by atoms with Crippen LogP contribution in [0.3, 0.4) is 0 Å².